The molecule has 6 amide bonds. The van der Waals surface area contributed by atoms with Crippen LogP contribution in [0.4, 0.5) is 4.79 Å². The number of hydrogen-bond acceptors (Lipinski definition) is 9. The number of ether oxygens (including phenoxy) is 2. The Bertz CT molecular complexity index is 1600. The monoisotopic (exact) mass is 764 g/mol. The highest BCUT2D eigenvalue weighted by molar-refractivity contribution is 6.38. The second-order valence-electron chi connectivity index (χ2n) is 14.5. The summed E-state index contributed by atoms with van der Waals surface area (Å²) in [4.78, 5) is 92.9. The number of benzene rings is 2. The minimum atomic E-state index is -1.27. The molecule has 0 spiro atoms. The third kappa shape index (κ3) is 14.5. The van der Waals surface area contributed by atoms with E-state index in [9.17, 15) is 33.6 Å². The average Bonchev–Trinajstić information content (AvgIpc) is 3.60. The van der Waals surface area contributed by atoms with Gasteiger partial charge in [-0.25, -0.2) is 4.79 Å². The van der Waals surface area contributed by atoms with Crippen molar-refractivity contribution >= 4 is 41.4 Å². The van der Waals surface area contributed by atoms with Gasteiger partial charge < -0.3 is 41.4 Å². The number of aryl methyl sites for hydroxylation is 1. The fourth-order valence-electron chi connectivity index (χ4n) is 6.02. The molecular formula is C40H56N6O9. The summed E-state index contributed by atoms with van der Waals surface area (Å²) in [5, 5.41) is 10.1. The molecule has 6 N–H and O–H groups in total. The van der Waals surface area contributed by atoms with Crippen molar-refractivity contribution in [3.63, 3.8) is 0 Å². The highest BCUT2D eigenvalue weighted by Gasteiger charge is 2.44. The van der Waals surface area contributed by atoms with Gasteiger partial charge in [-0.3, -0.25) is 28.8 Å². The minimum absolute atomic E-state index is 0.0370. The summed E-state index contributed by atoms with van der Waals surface area (Å²) in [6.45, 7) is 8.86. The molecule has 0 radical (unpaired) electrons. The fourth-order valence-corrected chi connectivity index (χ4v) is 6.02. The van der Waals surface area contributed by atoms with E-state index >= 15 is 0 Å². The second kappa shape index (κ2) is 22.2. The van der Waals surface area contributed by atoms with Gasteiger partial charge in [-0.05, 0) is 42.2 Å². The van der Waals surface area contributed by atoms with E-state index in [2.05, 4.69) is 21.3 Å². The summed E-state index contributed by atoms with van der Waals surface area (Å²) in [6.07, 6.45) is -0.000378. The Labute approximate surface area is 322 Å². The van der Waals surface area contributed by atoms with E-state index < -0.39 is 78.2 Å². The zero-order chi connectivity index (χ0) is 40.5. The molecule has 1 aliphatic heterocycles. The van der Waals surface area contributed by atoms with E-state index in [1.165, 1.54) is 4.90 Å². The summed E-state index contributed by atoms with van der Waals surface area (Å²) < 4.78 is 11.4. The summed E-state index contributed by atoms with van der Waals surface area (Å²) >= 11 is 0. The van der Waals surface area contributed by atoms with Crippen LogP contribution >= 0.6 is 0 Å². The van der Waals surface area contributed by atoms with Crippen molar-refractivity contribution in [2.24, 2.45) is 17.6 Å². The van der Waals surface area contributed by atoms with Crippen LogP contribution in [-0.2, 0) is 51.3 Å². The number of carbonyl (C=O) groups excluding carboxylic acids is 7. The van der Waals surface area contributed by atoms with Crippen molar-refractivity contribution < 1.29 is 43.0 Å². The van der Waals surface area contributed by atoms with Gasteiger partial charge in [0.15, 0.2) is 0 Å². The average molecular weight is 765 g/mol. The molecule has 55 heavy (non-hydrogen) atoms. The van der Waals surface area contributed by atoms with Gasteiger partial charge in [-0.1, -0.05) is 102 Å². The van der Waals surface area contributed by atoms with Crippen molar-refractivity contribution in [3.8, 4) is 0 Å². The number of nitrogens with zero attached hydrogens (tertiary/aromatic N) is 1. The zero-order valence-electron chi connectivity index (χ0n) is 32.4. The molecule has 0 aromatic heterocycles. The standard InChI is InChI=1S/C40H56N6O9/c1-6-13-30(35(48)38(51)42-21-33(47)43-31(36(41)49)19-18-27-14-9-7-10-15-27)44-37(50)32-20-29(54-24-28-16-11-8-12-17-28)22-46(32)39(52)34(26(4)5)45-40(53)55-23-25(2)3/h7-12,14-17,25-26,29-32,34H,6,13,18-24H2,1-5H3,(H2,41,49)(H,42,51)(H,43,47)(H,44,50)(H,45,53). The maximum Gasteiger partial charge on any atom is 0.407 e. The van der Waals surface area contributed by atoms with E-state index in [0.29, 0.717) is 12.8 Å². The molecule has 5 atom stereocenters. The van der Waals surface area contributed by atoms with Crippen LogP contribution in [0.15, 0.2) is 60.7 Å². The normalized spacial score (nSPS) is 16.8. The molecule has 0 aliphatic carbocycles. The Morgan fingerprint density at radius 3 is 2.05 bits per heavy atom. The molecule has 1 fully saturated rings. The first kappa shape index (κ1) is 44.1. The van der Waals surface area contributed by atoms with Crippen LogP contribution in [0.3, 0.4) is 0 Å². The van der Waals surface area contributed by atoms with Crippen LogP contribution in [0, 0.1) is 11.8 Å². The Morgan fingerprint density at radius 2 is 1.47 bits per heavy atom. The number of Topliss-reactive ketones (excluding diaryl/α,β-unsaturated/α-hetero) is 1. The number of nitrogens with two attached hydrogens (primary N) is 1. The second-order valence-corrected chi connectivity index (χ2v) is 14.5. The largest absolute Gasteiger partial charge is 0.449 e. The molecule has 15 heteroatoms. The lowest BCUT2D eigenvalue weighted by molar-refractivity contribution is -0.143. The third-order valence-corrected chi connectivity index (χ3v) is 9.02. The van der Waals surface area contributed by atoms with Gasteiger partial charge in [0, 0.05) is 13.0 Å². The number of ketones is 1. The Balaban J connectivity index is 1.69. The van der Waals surface area contributed by atoms with E-state index in [-0.39, 0.29) is 50.9 Å². The Morgan fingerprint density at radius 1 is 0.836 bits per heavy atom. The number of nitrogens with one attached hydrogen (secondary N) is 4. The minimum Gasteiger partial charge on any atom is -0.449 e. The lowest BCUT2D eigenvalue weighted by Crippen LogP contribution is -2.57. The van der Waals surface area contributed by atoms with E-state index in [0.717, 1.165) is 11.1 Å². The fraction of sp³-hybridized carbons (Fsp3) is 0.525. The molecule has 1 saturated heterocycles. The number of likely N-dealkylation sites (tertiary alicyclic amines) is 1. The maximum absolute atomic E-state index is 14.1. The number of carbonyl (C=O) groups is 7. The van der Waals surface area contributed by atoms with Crippen LogP contribution in [0.2, 0.25) is 0 Å². The zero-order valence-corrected chi connectivity index (χ0v) is 32.4. The SMILES string of the molecule is CCCC(NC(=O)C1CC(OCc2ccccc2)CN1C(=O)C(NC(=O)OCC(C)C)C(C)C)C(=O)C(=O)NCC(=O)NC(CCc1ccccc1)C(N)=O. The van der Waals surface area contributed by atoms with Crippen LogP contribution in [0.5, 0.6) is 0 Å². The first-order chi connectivity index (χ1) is 26.2. The highest BCUT2D eigenvalue weighted by atomic mass is 16.5. The van der Waals surface area contributed by atoms with Gasteiger partial charge in [0.05, 0.1) is 31.9 Å². The quantitative estimate of drug-likeness (QED) is 0.118. The maximum atomic E-state index is 14.1. The first-order valence-corrected chi connectivity index (χ1v) is 18.8. The van der Waals surface area contributed by atoms with Crippen molar-refractivity contribution in [3.05, 3.63) is 71.8 Å². The predicted molar refractivity (Wildman–Crippen MR) is 204 cm³/mol. The summed E-state index contributed by atoms with van der Waals surface area (Å²) in [5.41, 5.74) is 7.33. The van der Waals surface area contributed by atoms with E-state index in [4.69, 9.17) is 15.2 Å². The van der Waals surface area contributed by atoms with Crippen molar-refractivity contribution in [1.29, 1.82) is 0 Å². The molecule has 1 aliphatic rings. The first-order valence-electron chi connectivity index (χ1n) is 18.8. The molecule has 0 bridgehead atoms. The number of alkyl carbamates (subject to hydrolysis) is 1. The van der Waals surface area contributed by atoms with E-state index in [1.54, 1.807) is 20.8 Å². The third-order valence-electron chi connectivity index (χ3n) is 9.02. The number of hydrogen-bond donors (Lipinski definition) is 5. The molecular weight excluding hydrogens is 708 g/mol. The Kier molecular flexibility index (Phi) is 17.8. The van der Waals surface area contributed by atoms with Crippen molar-refractivity contribution in [2.75, 3.05) is 19.7 Å². The van der Waals surface area contributed by atoms with Crippen LogP contribution in [-0.4, -0.2) is 96.3 Å². The van der Waals surface area contributed by atoms with Gasteiger partial charge in [0.25, 0.3) is 5.91 Å². The van der Waals surface area contributed by atoms with Crippen LogP contribution < -0.4 is 27.0 Å². The molecule has 3 rings (SSSR count). The van der Waals surface area contributed by atoms with Gasteiger partial charge in [0.1, 0.15) is 18.1 Å². The summed E-state index contributed by atoms with van der Waals surface area (Å²) in [7, 11) is 0. The van der Waals surface area contributed by atoms with Gasteiger partial charge in [-0.2, -0.15) is 0 Å². The smallest absolute Gasteiger partial charge is 0.407 e. The van der Waals surface area contributed by atoms with Crippen LogP contribution in [0.25, 0.3) is 0 Å². The number of amides is 6. The van der Waals surface area contributed by atoms with Gasteiger partial charge >= 0.3 is 6.09 Å². The van der Waals surface area contributed by atoms with Crippen LogP contribution in [0.1, 0.15) is 71.4 Å². The lowest BCUT2D eigenvalue weighted by atomic mass is 10.0. The van der Waals surface area contributed by atoms with E-state index in [1.807, 2.05) is 74.5 Å². The number of primary amides is 1. The summed E-state index contributed by atoms with van der Waals surface area (Å²) in [6, 6.07) is 14.3. The highest BCUT2D eigenvalue weighted by Crippen LogP contribution is 2.25. The molecule has 0 saturated carbocycles. The molecule has 5 unspecified atom stereocenters. The molecule has 1 heterocycles. The lowest BCUT2D eigenvalue weighted by Gasteiger charge is -2.31. The number of rotatable bonds is 21. The predicted octanol–water partition coefficient (Wildman–Crippen LogP) is 2.15. The van der Waals surface area contributed by atoms with Gasteiger partial charge in [0.2, 0.25) is 29.4 Å². The summed E-state index contributed by atoms with van der Waals surface area (Å²) in [5.74, 6) is -5.06. The Hall–Kier alpha value is -5.31. The molecule has 15 nitrogen and oxygen atoms in total. The molecule has 300 valence electrons. The molecule has 2 aromatic rings. The van der Waals surface area contributed by atoms with Crippen molar-refractivity contribution in [2.45, 2.75) is 104 Å². The van der Waals surface area contributed by atoms with Gasteiger partial charge in [-0.15, -0.1) is 0 Å². The topological polar surface area (TPSA) is 215 Å². The molecule has 2 aromatic carbocycles. The van der Waals surface area contributed by atoms with Crippen molar-refractivity contribution in [1.82, 2.24) is 26.2 Å².